The smallest absolute Gasteiger partial charge is 0.193 e. The summed E-state index contributed by atoms with van der Waals surface area (Å²) in [5, 5.41) is 4.40. The van der Waals surface area contributed by atoms with Crippen LogP contribution in [0.15, 0.2) is 29.3 Å². The summed E-state index contributed by atoms with van der Waals surface area (Å²) in [5.74, 6) is 1.02. The van der Waals surface area contributed by atoms with Gasteiger partial charge in [0.1, 0.15) is 0 Å². The molecule has 2 aliphatic heterocycles. The van der Waals surface area contributed by atoms with E-state index in [0.29, 0.717) is 6.04 Å². The Kier molecular flexibility index (Phi) is 7.82. The number of benzene rings is 1. The molecule has 2 heterocycles. The Bertz CT molecular complexity index is 636. The third-order valence-corrected chi connectivity index (χ3v) is 6.23. The fourth-order valence-electron chi connectivity index (χ4n) is 4.07. The first-order chi connectivity index (χ1) is 13.6. The second-order valence-electron chi connectivity index (χ2n) is 7.70. The molecule has 3 rings (SSSR count). The van der Waals surface area contributed by atoms with Gasteiger partial charge in [-0.3, -0.25) is 9.89 Å². The lowest BCUT2D eigenvalue weighted by Crippen LogP contribution is -2.56. The van der Waals surface area contributed by atoms with E-state index in [1.807, 2.05) is 25.2 Å². The van der Waals surface area contributed by atoms with Gasteiger partial charge in [-0.05, 0) is 31.7 Å². The normalized spacial score (nSPS) is 21.1. The molecule has 2 saturated heterocycles. The zero-order valence-electron chi connectivity index (χ0n) is 17.6. The number of hydrogen-bond acceptors (Lipinski definition) is 4. The van der Waals surface area contributed by atoms with Crippen molar-refractivity contribution in [2.45, 2.75) is 19.9 Å². The molecular formula is C21H35ClN6. The maximum absolute atomic E-state index is 6.14. The number of guanidine groups is 1. The van der Waals surface area contributed by atoms with Crippen LogP contribution in [0, 0.1) is 0 Å². The average molecular weight is 407 g/mol. The minimum Gasteiger partial charge on any atom is -0.368 e. The van der Waals surface area contributed by atoms with Gasteiger partial charge in [-0.2, -0.15) is 0 Å². The van der Waals surface area contributed by atoms with Gasteiger partial charge < -0.3 is 20.0 Å². The van der Waals surface area contributed by atoms with Crippen LogP contribution in [0.2, 0.25) is 5.02 Å². The summed E-state index contributed by atoms with van der Waals surface area (Å²) in [6.45, 7) is 15.2. The van der Waals surface area contributed by atoms with Gasteiger partial charge in [0, 0.05) is 82.7 Å². The van der Waals surface area contributed by atoms with Crippen LogP contribution in [0.5, 0.6) is 0 Å². The molecule has 6 nitrogen and oxygen atoms in total. The van der Waals surface area contributed by atoms with Gasteiger partial charge >= 0.3 is 0 Å². The number of nitrogens with one attached hydrogen (secondary N) is 1. The standard InChI is InChI=1S/C21H35ClN6/c1-4-25-8-10-26(11-9-25)18(2)17-24-21(23-3)28-14-12-27(13-15-28)20-7-5-6-19(22)16-20/h5-7,16,18H,4,8-15,17H2,1-3H3,(H,23,24). The maximum Gasteiger partial charge on any atom is 0.193 e. The fraction of sp³-hybridized carbons (Fsp3) is 0.667. The van der Waals surface area contributed by atoms with Crippen molar-refractivity contribution < 1.29 is 0 Å². The molecule has 7 heteroatoms. The molecule has 2 fully saturated rings. The number of hydrogen-bond donors (Lipinski definition) is 1. The molecule has 28 heavy (non-hydrogen) atoms. The molecule has 156 valence electrons. The summed E-state index contributed by atoms with van der Waals surface area (Å²) in [4.78, 5) is 14.4. The second-order valence-corrected chi connectivity index (χ2v) is 8.14. The van der Waals surface area contributed by atoms with E-state index < -0.39 is 0 Å². The lowest BCUT2D eigenvalue weighted by Gasteiger charge is -2.39. The Morgan fingerprint density at radius 1 is 1.11 bits per heavy atom. The zero-order chi connectivity index (χ0) is 19.9. The van der Waals surface area contributed by atoms with E-state index in [-0.39, 0.29) is 0 Å². The lowest BCUT2D eigenvalue weighted by atomic mass is 10.2. The fourth-order valence-corrected chi connectivity index (χ4v) is 4.25. The van der Waals surface area contributed by atoms with Crippen LogP contribution in [0.25, 0.3) is 0 Å². The van der Waals surface area contributed by atoms with E-state index in [4.69, 9.17) is 11.6 Å². The molecule has 1 atom stereocenters. The molecule has 1 unspecified atom stereocenters. The summed E-state index contributed by atoms with van der Waals surface area (Å²) in [6, 6.07) is 8.64. The molecule has 2 aliphatic rings. The van der Waals surface area contributed by atoms with E-state index in [0.717, 1.165) is 63.3 Å². The predicted molar refractivity (Wildman–Crippen MR) is 120 cm³/mol. The Labute approximate surface area is 175 Å². The van der Waals surface area contributed by atoms with Crippen molar-refractivity contribution in [3.05, 3.63) is 29.3 Å². The molecule has 0 spiro atoms. The molecule has 0 aliphatic carbocycles. The second kappa shape index (κ2) is 10.3. The van der Waals surface area contributed by atoms with Crippen molar-refractivity contribution in [3.63, 3.8) is 0 Å². The maximum atomic E-state index is 6.14. The molecule has 1 N–H and O–H groups in total. The van der Waals surface area contributed by atoms with Crippen LogP contribution in [0.4, 0.5) is 5.69 Å². The van der Waals surface area contributed by atoms with Crippen LogP contribution in [-0.4, -0.2) is 99.2 Å². The molecular weight excluding hydrogens is 372 g/mol. The number of piperazine rings is 2. The van der Waals surface area contributed by atoms with E-state index >= 15 is 0 Å². The largest absolute Gasteiger partial charge is 0.368 e. The molecule has 1 aromatic rings. The van der Waals surface area contributed by atoms with Crippen LogP contribution in [0.3, 0.4) is 0 Å². The van der Waals surface area contributed by atoms with Crippen molar-refractivity contribution in [1.29, 1.82) is 0 Å². The summed E-state index contributed by atoms with van der Waals surface area (Å²) in [6.07, 6.45) is 0. The molecule has 1 aromatic carbocycles. The van der Waals surface area contributed by atoms with Gasteiger partial charge in [0.2, 0.25) is 0 Å². The van der Waals surface area contributed by atoms with Crippen molar-refractivity contribution in [2.75, 3.05) is 77.4 Å². The van der Waals surface area contributed by atoms with Crippen molar-refractivity contribution in [1.82, 2.24) is 20.0 Å². The predicted octanol–water partition coefficient (Wildman–Crippen LogP) is 2.06. The highest BCUT2D eigenvalue weighted by atomic mass is 35.5. The van der Waals surface area contributed by atoms with Gasteiger partial charge in [-0.15, -0.1) is 0 Å². The number of rotatable bonds is 5. The highest BCUT2D eigenvalue weighted by Gasteiger charge is 2.23. The minimum absolute atomic E-state index is 0.517. The van der Waals surface area contributed by atoms with Gasteiger partial charge in [0.15, 0.2) is 5.96 Å². The summed E-state index contributed by atoms with van der Waals surface area (Å²) in [7, 11) is 1.89. The summed E-state index contributed by atoms with van der Waals surface area (Å²) < 4.78 is 0. The highest BCUT2D eigenvalue weighted by Crippen LogP contribution is 2.20. The quantitative estimate of drug-likeness (QED) is 0.598. The van der Waals surface area contributed by atoms with Crippen LogP contribution < -0.4 is 10.2 Å². The number of likely N-dealkylation sites (N-methyl/N-ethyl adjacent to an activating group) is 1. The molecule has 0 bridgehead atoms. The molecule has 0 amide bonds. The first-order valence-electron chi connectivity index (χ1n) is 10.5. The molecule has 0 aromatic heterocycles. The molecule has 0 saturated carbocycles. The summed E-state index contributed by atoms with van der Waals surface area (Å²) >= 11 is 6.14. The number of anilines is 1. The zero-order valence-corrected chi connectivity index (χ0v) is 18.3. The van der Waals surface area contributed by atoms with Gasteiger partial charge in [0.05, 0.1) is 0 Å². The summed E-state index contributed by atoms with van der Waals surface area (Å²) in [5.41, 5.74) is 1.20. The third-order valence-electron chi connectivity index (χ3n) is 6.00. The average Bonchev–Trinajstić information content (AvgIpc) is 2.74. The monoisotopic (exact) mass is 406 g/mol. The third kappa shape index (κ3) is 5.52. The number of nitrogens with zero attached hydrogens (tertiary/aromatic N) is 5. The van der Waals surface area contributed by atoms with E-state index in [9.17, 15) is 0 Å². The Hall–Kier alpha value is -1.50. The first-order valence-corrected chi connectivity index (χ1v) is 10.9. The van der Waals surface area contributed by atoms with E-state index in [1.165, 1.54) is 18.8 Å². The lowest BCUT2D eigenvalue weighted by molar-refractivity contribution is 0.107. The Morgan fingerprint density at radius 2 is 1.82 bits per heavy atom. The van der Waals surface area contributed by atoms with Crippen molar-refractivity contribution in [2.24, 2.45) is 4.99 Å². The van der Waals surface area contributed by atoms with E-state index in [2.05, 4.69) is 49.8 Å². The topological polar surface area (TPSA) is 37.4 Å². The number of halogens is 1. The Balaban J connectivity index is 1.44. The SMILES string of the molecule is CCN1CCN(C(C)CNC(=NC)N2CCN(c3cccc(Cl)c3)CC2)CC1. The van der Waals surface area contributed by atoms with E-state index in [1.54, 1.807) is 0 Å². The minimum atomic E-state index is 0.517. The van der Waals surface area contributed by atoms with Crippen molar-refractivity contribution in [3.8, 4) is 0 Å². The highest BCUT2D eigenvalue weighted by molar-refractivity contribution is 6.30. The van der Waals surface area contributed by atoms with Crippen LogP contribution >= 0.6 is 11.6 Å². The van der Waals surface area contributed by atoms with Gasteiger partial charge in [-0.1, -0.05) is 24.6 Å². The molecule has 0 radical (unpaired) electrons. The van der Waals surface area contributed by atoms with Gasteiger partial charge in [-0.25, -0.2) is 0 Å². The first kappa shape index (κ1) is 21.2. The van der Waals surface area contributed by atoms with Crippen molar-refractivity contribution >= 4 is 23.2 Å². The Morgan fingerprint density at radius 3 is 2.43 bits per heavy atom. The van der Waals surface area contributed by atoms with Gasteiger partial charge in [0.25, 0.3) is 0 Å². The van der Waals surface area contributed by atoms with Crippen LogP contribution in [0.1, 0.15) is 13.8 Å². The van der Waals surface area contributed by atoms with Crippen LogP contribution in [-0.2, 0) is 0 Å². The number of aliphatic imine (C=N–C) groups is 1.